The van der Waals surface area contributed by atoms with Crippen molar-refractivity contribution in [3.63, 3.8) is 0 Å². The highest BCUT2D eigenvalue weighted by Crippen LogP contribution is 2.26. The van der Waals surface area contributed by atoms with Gasteiger partial charge in [0.25, 0.3) is 0 Å². The first-order valence-corrected chi connectivity index (χ1v) is 17.2. The van der Waals surface area contributed by atoms with E-state index >= 15 is 0 Å². The van der Waals surface area contributed by atoms with E-state index in [-0.39, 0.29) is 19.6 Å². The average molecular weight is 629 g/mol. The minimum Gasteiger partial charge on any atom is -0.457 e. The second-order valence-corrected chi connectivity index (χ2v) is 12.1. The lowest BCUT2D eigenvalue weighted by atomic mass is 9.99. The molecular weight excluding hydrogens is 572 g/mol. The van der Waals surface area contributed by atoms with E-state index in [1.54, 1.807) is 0 Å². The third-order valence-corrected chi connectivity index (χ3v) is 7.69. The van der Waals surface area contributed by atoms with Crippen molar-refractivity contribution >= 4 is 16.4 Å². The van der Waals surface area contributed by atoms with Gasteiger partial charge in [-0.2, -0.15) is 8.42 Å². The molecule has 0 saturated carbocycles. The molecule has 1 aliphatic rings. The summed E-state index contributed by atoms with van der Waals surface area (Å²) in [6.07, 6.45) is 7.64. The van der Waals surface area contributed by atoms with Gasteiger partial charge in [0.1, 0.15) is 30.5 Å². The van der Waals surface area contributed by atoms with Crippen molar-refractivity contribution in [3.05, 3.63) is 0 Å². The minimum absolute atomic E-state index is 0.0405. The molecule has 0 aromatic rings. The van der Waals surface area contributed by atoms with Crippen LogP contribution in [0.4, 0.5) is 0 Å². The SMILES string of the molecule is CCCCCCCCCCC(=O)OC(COCCCCCCCCC)COC1OC(CO)C(O)C(OS(=O)(=O)O)C1O. The van der Waals surface area contributed by atoms with Crippen LogP contribution in [0.25, 0.3) is 0 Å². The number of carbonyl (C=O) groups excluding carboxylic acids is 1. The first kappa shape index (κ1) is 39.1. The molecule has 0 aromatic heterocycles. The molecular formula is C29H56O12S. The number of ether oxygens (including phenoxy) is 4. The quantitative estimate of drug-likeness (QED) is 0.0619. The van der Waals surface area contributed by atoms with Crippen LogP contribution in [-0.4, -0.2) is 97.5 Å². The summed E-state index contributed by atoms with van der Waals surface area (Å²) in [4.78, 5) is 12.6. The molecule has 0 spiro atoms. The van der Waals surface area contributed by atoms with Gasteiger partial charge in [-0.15, -0.1) is 0 Å². The normalized spacial score (nSPS) is 23.6. The van der Waals surface area contributed by atoms with Gasteiger partial charge in [0.2, 0.25) is 0 Å². The van der Waals surface area contributed by atoms with Gasteiger partial charge < -0.3 is 34.3 Å². The van der Waals surface area contributed by atoms with Crippen LogP contribution in [0.1, 0.15) is 117 Å². The summed E-state index contributed by atoms with van der Waals surface area (Å²) in [6.45, 7) is 3.87. The van der Waals surface area contributed by atoms with Crippen LogP contribution in [0.3, 0.4) is 0 Å². The lowest BCUT2D eigenvalue weighted by Gasteiger charge is -2.41. The number of hydrogen-bond acceptors (Lipinski definition) is 11. The molecule has 0 aliphatic carbocycles. The standard InChI is InChI=1S/C29H56O12S/c1-3-5-7-9-11-12-14-16-18-25(31)39-23(21-37-19-17-15-13-10-8-6-4-2)22-38-29-27(33)28(41-42(34,35)36)26(32)24(20-30)40-29/h23-24,26-30,32-33H,3-22H2,1-2H3,(H,34,35,36). The monoisotopic (exact) mass is 628 g/mol. The number of esters is 1. The molecule has 6 unspecified atom stereocenters. The molecule has 0 aromatic carbocycles. The number of carbonyl (C=O) groups is 1. The first-order chi connectivity index (χ1) is 20.1. The van der Waals surface area contributed by atoms with E-state index in [1.165, 1.54) is 51.4 Å². The topological polar surface area (TPSA) is 178 Å². The van der Waals surface area contributed by atoms with E-state index in [1.807, 2.05) is 0 Å². The van der Waals surface area contributed by atoms with Crippen molar-refractivity contribution in [2.24, 2.45) is 0 Å². The third-order valence-electron chi connectivity index (χ3n) is 7.23. The van der Waals surface area contributed by atoms with Crippen LogP contribution in [0.2, 0.25) is 0 Å². The number of unbranched alkanes of at least 4 members (excludes halogenated alkanes) is 13. The number of hydrogen-bond donors (Lipinski definition) is 4. The van der Waals surface area contributed by atoms with Gasteiger partial charge in [-0.1, -0.05) is 97.3 Å². The van der Waals surface area contributed by atoms with Gasteiger partial charge in [0.05, 0.1) is 19.8 Å². The molecule has 1 fully saturated rings. The van der Waals surface area contributed by atoms with Gasteiger partial charge >= 0.3 is 16.4 Å². The number of rotatable bonds is 26. The number of aliphatic hydroxyl groups is 3. The van der Waals surface area contributed by atoms with Crippen molar-refractivity contribution in [2.75, 3.05) is 26.4 Å². The fourth-order valence-corrected chi connectivity index (χ4v) is 5.30. The van der Waals surface area contributed by atoms with Crippen LogP contribution < -0.4 is 0 Å². The molecule has 12 nitrogen and oxygen atoms in total. The summed E-state index contributed by atoms with van der Waals surface area (Å²) < 4.78 is 58.2. The van der Waals surface area contributed by atoms with Gasteiger partial charge in [0.15, 0.2) is 6.29 Å². The maximum atomic E-state index is 12.6. The van der Waals surface area contributed by atoms with Crippen LogP contribution in [-0.2, 0) is 38.3 Å². The molecule has 1 heterocycles. The Morgan fingerprint density at radius 2 is 1.36 bits per heavy atom. The molecule has 42 heavy (non-hydrogen) atoms. The zero-order valence-electron chi connectivity index (χ0n) is 25.6. The summed E-state index contributed by atoms with van der Waals surface area (Å²) in [5.41, 5.74) is 0. The maximum Gasteiger partial charge on any atom is 0.397 e. The molecule has 0 amide bonds. The lowest BCUT2D eigenvalue weighted by Crippen LogP contribution is -2.60. The Kier molecular flexibility index (Phi) is 21.9. The van der Waals surface area contributed by atoms with Crippen molar-refractivity contribution in [2.45, 2.75) is 153 Å². The first-order valence-electron chi connectivity index (χ1n) is 15.8. The summed E-state index contributed by atoms with van der Waals surface area (Å²) in [5.74, 6) is -0.407. The molecule has 1 rings (SSSR count). The van der Waals surface area contributed by atoms with Gasteiger partial charge in [-0.3, -0.25) is 9.35 Å². The predicted octanol–water partition coefficient (Wildman–Crippen LogP) is 3.84. The minimum atomic E-state index is -5.04. The highest BCUT2D eigenvalue weighted by molar-refractivity contribution is 7.80. The van der Waals surface area contributed by atoms with Gasteiger partial charge in [0, 0.05) is 13.0 Å². The van der Waals surface area contributed by atoms with Crippen molar-refractivity contribution in [1.82, 2.24) is 0 Å². The maximum absolute atomic E-state index is 12.6. The summed E-state index contributed by atoms with van der Waals surface area (Å²) in [6, 6.07) is 0. The predicted molar refractivity (Wildman–Crippen MR) is 156 cm³/mol. The Morgan fingerprint density at radius 3 is 1.90 bits per heavy atom. The van der Waals surface area contributed by atoms with Gasteiger partial charge in [-0.25, -0.2) is 4.18 Å². The van der Waals surface area contributed by atoms with Crippen LogP contribution in [0, 0.1) is 0 Å². The fourth-order valence-electron chi connectivity index (χ4n) is 4.79. The lowest BCUT2D eigenvalue weighted by molar-refractivity contribution is -0.301. The Morgan fingerprint density at radius 1 is 0.810 bits per heavy atom. The molecule has 4 N–H and O–H groups in total. The average Bonchev–Trinajstić information content (AvgIpc) is 2.94. The van der Waals surface area contributed by atoms with Crippen molar-refractivity contribution in [3.8, 4) is 0 Å². The Bertz CT molecular complexity index is 781. The molecule has 0 radical (unpaired) electrons. The van der Waals surface area contributed by atoms with Gasteiger partial charge in [-0.05, 0) is 12.8 Å². The van der Waals surface area contributed by atoms with E-state index < -0.39 is 59.8 Å². The summed E-state index contributed by atoms with van der Waals surface area (Å²) >= 11 is 0. The van der Waals surface area contributed by atoms with E-state index in [2.05, 4.69) is 18.0 Å². The Balaban J connectivity index is 2.62. The summed E-state index contributed by atoms with van der Waals surface area (Å²) in [7, 11) is -5.04. The molecule has 1 saturated heterocycles. The van der Waals surface area contributed by atoms with Crippen LogP contribution in [0.15, 0.2) is 0 Å². The Hall–Kier alpha value is -0.900. The van der Waals surface area contributed by atoms with E-state index in [0.717, 1.165) is 38.5 Å². The molecule has 0 bridgehead atoms. The second-order valence-electron chi connectivity index (χ2n) is 11.1. The highest BCUT2D eigenvalue weighted by atomic mass is 32.3. The molecule has 13 heteroatoms. The van der Waals surface area contributed by atoms with E-state index in [4.69, 9.17) is 23.5 Å². The second kappa shape index (κ2) is 23.5. The molecule has 250 valence electrons. The largest absolute Gasteiger partial charge is 0.457 e. The zero-order valence-corrected chi connectivity index (χ0v) is 26.4. The highest BCUT2D eigenvalue weighted by Gasteiger charge is 2.48. The van der Waals surface area contributed by atoms with Crippen LogP contribution in [0.5, 0.6) is 0 Å². The molecule has 1 aliphatic heterocycles. The van der Waals surface area contributed by atoms with E-state index in [0.29, 0.717) is 13.0 Å². The third kappa shape index (κ3) is 18.0. The van der Waals surface area contributed by atoms with Crippen molar-refractivity contribution in [1.29, 1.82) is 0 Å². The van der Waals surface area contributed by atoms with Crippen LogP contribution >= 0.6 is 0 Å². The number of aliphatic hydroxyl groups excluding tert-OH is 3. The van der Waals surface area contributed by atoms with E-state index in [9.17, 15) is 28.5 Å². The smallest absolute Gasteiger partial charge is 0.397 e. The fraction of sp³-hybridized carbons (Fsp3) is 0.966. The Labute approximate surface area is 252 Å². The zero-order chi connectivity index (χ0) is 31.2. The van der Waals surface area contributed by atoms with Crippen molar-refractivity contribution < 1.29 is 56.2 Å². The molecule has 6 atom stereocenters. The summed E-state index contributed by atoms with van der Waals surface area (Å²) in [5, 5.41) is 30.3.